The summed E-state index contributed by atoms with van der Waals surface area (Å²) in [5, 5.41) is 2.34. The monoisotopic (exact) mass is 394 g/mol. The fraction of sp³-hybridized carbons (Fsp3) is 0.294. The molecule has 0 fully saturated rings. The van der Waals surface area contributed by atoms with Crippen molar-refractivity contribution in [2.24, 2.45) is 0 Å². The van der Waals surface area contributed by atoms with Gasteiger partial charge in [0, 0.05) is 0 Å². The summed E-state index contributed by atoms with van der Waals surface area (Å²) in [5.74, 6) is -2.31. The van der Waals surface area contributed by atoms with E-state index in [-0.39, 0.29) is 28.8 Å². The van der Waals surface area contributed by atoms with Gasteiger partial charge in [-0.2, -0.15) is 0 Å². The molecule has 0 atom stereocenters. The first kappa shape index (κ1) is 20.4. The molecule has 1 heterocycles. The quantitative estimate of drug-likeness (QED) is 0.389. The molecule has 0 unspecified atom stereocenters. The highest BCUT2D eigenvalue weighted by Crippen LogP contribution is 2.31. The molecule has 27 heavy (non-hydrogen) atoms. The molecule has 144 valence electrons. The first-order valence-electron chi connectivity index (χ1n) is 7.97. The Morgan fingerprint density at radius 3 is 2.63 bits per heavy atom. The van der Waals surface area contributed by atoms with Crippen LogP contribution < -0.4 is 16.6 Å². The highest BCUT2D eigenvalue weighted by Gasteiger charge is 2.32. The maximum Gasteiger partial charge on any atom is 0.322 e. The van der Waals surface area contributed by atoms with Crippen molar-refractivity contribution in [2.75, 3.05) is 17.7 Å². The lowest BCUT2D eigenvalue weighted by atomic mass is 10.2. The Morgan fingerprint density at radius 1 is 1.37 bits per heavy atom. The van der Waals surface area contributed by atoms with Crippen LogP contribution >= 0.6 is 11.8 Å². The van der Waals surface area contributed by atoms with E-state index in [4.69, 9.17) is 10.5 Å². The fourth-order valence-electron chi connectivity index (χ4n) is 2.05. The van der Waals surface area contributed by atoms with E-state index >= 15 is 0 Å². The van der Waals surface area contributed by atoms with Gasteiger partial charge in [-0.25, -0.2) is 9.37 Å². The molecule has 2 rings (SSSR count). The Labute approximate surface area is 158 Å². The largest absolute Gasteiger partial charge is 0.465 e. The molecule has 1 aromatic heterocycles. The van der Waals surface area contributed by atoms with Crippen molar-refractivity contribution in [2.45, 2.75) is 30.7 Å². The van der Waals surface area contributed by atoms with Crippen LogP contribution in [0.3, 0.4) is 0 Å². The van der Waals surface area contributed by atoms with Crippen LogP contribution in [0.15, 0.2) is 34.2 Å². The van der Waals surface area contributed by atoms with Gasteiger partial charge in [0.05, 0.1) is 12.2 Å². The third kappa shape index (κ3) is 4.85. The summed E-state index contributed by atoms with van der Waals surface area (Å²) in [7, 11) is 0. The fourth-order valence-corrected chi connectivity index (χ4v) is 2.97. The normalized spacial score (nSPS) is 11.1. The molecule has 1 aromatic carbocycles. The summed E-state index contributed by atoms with van der Waals surface area (Å²) in [6, 6.07) is 5.32. The van der Waals surface area contributed by atoms with Crippen LogP contribution in [0.4, 0.5) is 15.9 Å². The molecular formula is C17H19FN4O4S. The number of thioether (sulfide) groups is 1. The van der Waals surface area contributed by atoms with Crippen molar-refractivity contribution in [3.05, 3.63) is 46.0 Å². The predicted molar refractivity (Wildman–Crippen MR) is 100 cm³/mol. The lowest BCUT2D eigenvalue weighted by Crippen LogP contribution is -2.31. The number of hydrogen-bond donors (Lipinski definition) is 3. The average Bonchev–Trinajstić information content (AvgIpc) is 2.58. The molecule has 0 bridgehead atoms. The van der Waals surface area contributed by atoms with Gasteiger partial charge < -0.3 is 15.8 Å². The lowest BCUT2D eigenvalue weighted by molar-refractivity contribution is -0.145. The minimum atomic E-state index is -1.02. The predicted octanol–water partition coefficient (Wildman–Crippen LogP) is 2.18. The van der Waals surface area contributed by atoms with Crippen LogP contribution in [0.5, 0.6) is 0 Å². The van der Waals surface area contributed by atoms with Crippen molar-refractivity contribution in [3.63, 3.8) is 0 Å². The van der Waals surface area contributed by atoms with Crippen LogP contribution in [0.25, 0.3) is 0 Å². The first-order chi connectivity index (χ1) is 12.7. The standard InChI is InChI=1S/C17H19FN4O4S/c1-4-26-15(25)17(2,3)27-16-21-12(19)11(14(24)22-16)20-13(23)9-7-5-6-8-10(9)18/h5-8H,4H2,1-3H3,(H,20,23)(H3,19,21,22,24). The highest BCUT2D eigenvalue weighted by molar-refractivity contribution is 8.01. The number of aromatic nitrogens is 2. The minimum Gasteiger partial charge on any atom is -0.465 e. The Kier molecular flexibility index (Phi) is 6.21. The molecule has 2 aromatic rings. The minimum absolute atomic E-state index is 0.0828. The van der Waals surface area contributed by atoms with Crippen LogP contribution in [0.1, 0.15) is 31.1 Å². The number of halogens is 1. The third-order valence-corrected chi connectivity index (χ3v) is 4.47. The summed E-state index contributed by atoms with van der Waals surface area (Å²) in [6.07, 6.45) is 0. The second-order valence-electron chi connectivity index (χ2n) is 5.90. The number of H-pyrrole nitrogens is 1. The van der Waals surface area contributed by atoms with E-state index < -0.39 is 28.0 Å². The van der Waals surface area contributed by atoms with Crippen molar-refractivity contribution in [1.82, 2.24) is 9.97 Å². The van der Waals surface area contributed by atoms with Crippen molar-refractivity contribution < 1.29 is 18.7 Å². The highest BCUT2D eigenvalue weighted by atomic mass is 32.2. The van der Waals surface area contributed by atoms with Gasteiger partial charge in [0.15, 0.2) is 11.0 Å². The summed E-state index contributed by atoms with van der Waals surface area (Å²) in [4.78, 5) is 42.8. The maximum atomic E-state index is 13.7. The van der Waals surface area contributed by atoms with E-state index in [0.717, 1.165) is 17.8 Å². The number of nitrogens with zero attached hydrogens (tertiary/aromatic N) is 1. The van der Waals surface area contributed by atoms with E-state index in [1.807, 2.05) is 0 Å². The number of hydrogen-bond acceptors (Lipinski definition) is 7. The number of nitrogens with one attached hydrogen (secondary N) is 2. The molecule has 0 saturated heterocycles. The Hall–Kier alpha value is -2.88. The molecule has 8 nitrogen and oxygen atoms in total. The van der Waals surface area contributed by atoms with Crippen molar-refractivity contribution >= 4 is 35.1 Å². The summed E-state index contributed by atoms with van der Waals surface area (Å²) in [5.41, 5.74) is 4.50. The molecule has 10 heteroatoms. The van der Waals surface area contributed by atoms with E-state index in [9.17, 15) is 18.8 Å². The van der Waals surface area contributed by atoms with Crippen molar-refractivity contribution in [1.29, 1.82) is 0 Å². The van der Waals surface area contributed by atoms with Gasteiger partial charge >= 0.3 is 5.97 Å². The second kappa shape index (κ2) is 8.21. The third-order valence-electron chi connectivity index (χ3n) is 3.40. The number of nitrogens with two attached hydrogens (primary N) is 1. The zero-order valence-electron chi connectivity index (χ0n) is 15.0. The van der Waals surface area contributed by atoms with E-state index in [0.29, 0.717) is 0 Å². The topological polar surface area (TPSA) is 127 Å². The number of esters is 1. The van der Waals surface area contributed by atoms with Gasteiger partial charge in [-0.15, -0.1) is 0 Å². The Morgan fingerprint density at radius 2 is 2.04 bits per heavy atom. The van der Waals surface area contributed by atoms with E-state index in [2.05, 4.69) is 15.3 Å². The molecule has 0 aliphatic heterocycles. The van der Waals surface area contributed by atoms with Gasteiger partial charge in [-0.3, -0.25) is 19.4 Å². The van der Waals surface area contributed by atoms with Crippen molar-refractivity contribution in [3.8, 4) is 0 Å². The maximum absolute atomic E-state index is 13.7. The van der Waals surface area contributed by atoms with Gasteiger partial charge in [0.25, 0.3) is 11.5 Å². The smallest absolute Gasteiger partial charge is 0.322 e. The van der Waals surface area contributed by atoms with Gasteiger partial charge in [-0.1, -0.05) is 23.9 Å². The number of carbonyl (C=O) groups is 2. The zero-order chi connectivity index (χ0) is 20.2. The van der Waals surface area contributed by atoms with Crippen LogP contribution in [0.2, 0.25) is 0 Å². The SMILES string of the molecule is CCOC(=O)C(C)(C)Sc1nc(N)c(NC(=O)c2ccccc2F)c(=O)[nH]1. The van der Waals surface area contributed by atoms with Gasteiger partial charge in [0.2, 0.25) is 0 Å². The van der Waals surface area contributed by atoms with Crippen LogP contribution in [-0.4, -0.2) is 33.2 Å². The molecule has 0 radical (unpaired) electrons. The van der Waals surface area contributed by atoms with E-state index in [1.54, 1.807) is 20.8 Å². The zero-order valence-corrected chi connectivity index (χ0v) is 15.8. The molecule has 0 aliphatic carbocycles. The van der Waals surface area contributed by atoms with Crippen LogP contribution in [0, 0.1) is 5.82 Å². The molecule has 0 spiro atoms. The molecular weight excluding hydrogens is 375 g/mol. The number of rotatable bonds is 6. The summed E-state index contributed by atoms with van der Waals surface area (Å²) >= 11 is 0.955. The lowest BCUT2D eigenvalue weighted by Gasteiger charge is -2.21. The number of amides is 1. The molecule has 1 amide bonds. The Balaban J connectivity index is 2.25. The van der Waals surface area contributed by atoms with Crippen LogP contribution in [-0.2, 0) is 9.53 Å². The average molecular weight is 394 g/mol. The summed E-state index contributed by atoms with van der Waals surface area (Å²) < 4.78 is 17.6. The summed E-state index contributed by atoms with van der Waals surface area (Å²) in [6.45, 7) is 5.12. The number of nitrogen functional groups attached to an aromatic ring is 1. The number of aromatic amines is 1. The number of carbonyl (C=O) groups excluding carboxylic acids is 2. The van der Waals surface area contributed by atoms with E-state index in [1.165, 1.54) is 18.2 Å². The number of benzene rings is 1. The second-order valence-corrected chi connectivity index (χ2v) is 7.51. The molecule has 0 saturated carbocycles. The Bertz CT molecular complexity index is 929. The number of ether oxygens (including phenoxy) is 1. The molecule has 4 N–H and O–H groups in total. The van der Waals surface area contributed by atoms with Gasteiger partial charge in [0.1, 0.15) is 16.3 Å². The number of anilines is 2. The molecule has 0 aliphatic rings. The first-order valence-corrected chi connectivity index (χ1v) is 8.79. The van der Waals surface area contributed by atoms with Gasteiger partial charge in [-0.05, 0) is 32.9 Å².